The van der Waals surface area contributed by atoms with E-state index in [0.29, 0.717) is 21.3 Å². The monoisotopic (exact) mass is 318 g/mol. The Balaban J connectivity index is 2.28. The number of rotatable bonds is 3. The van der Waals surface area contributed by atoms with Crippen LogP contribution in [0.1, 0.15) is 18.5 Å². The van der Waals surface area contributed by atoms with Crippen LogP contribution in [0, 0.1) is 5.82 Å². The van der Waals surface area contributed by atoms with Crippen molar-refractivity contribution in [2.45, 2.75) is 13.0 Å². The van der Waals surface area contributed by atoms with E-state index in [1.807, 2.05) is 6.92 Å². The van der Waals surface area contributed by atoms with E-state index in [1.54, 1.807) is 18.5 Å². The Bertz CT molecular complexity index is 604. The minimum atomic E-state index is -0.507. The molecule has 100 valence electrons. The highest BCUT2D eigenvalue weighted by Crippen LogP contribution is 2.31. The number of hydrogen-bond acceptors (Lipinski definition) is 2. The first-order valence-electron chi connectivity index (χ1n) is 5.49. The molecule has 0 fully saturated rings. The zero-order valence-corrected chi connectivity index (χ0v) is 12.2. The van der Waals surface area contributed by atoms with Gasteiger partial charge in [-0.25, -0.2) is 4.39 Å². The van der Waals surface area contributed by atoms with E-state index >= 15 is 0 Å². The molecular weight excluding hydrogens is 310 g/mol. The van der Waals surface area contributed by atoms with E-state index in [4.69, 9.17) is 34.8 Å². The molecule has 1 unspecified atom stereocenters. The zero-order valence-electron chi connectivity index (χ0n) is 9.92. The normalized spacial score (nSPS) is 12.3. The van der Waals surface area contributed by atoms with Gasteiger partial charge in [-0.05, 0) is 30.7 Å². The highest BCUT2D eigenvalue weighted by Gasteiger charge is 2.14. The van der Waals surface area contributed by atoms with Gasteiger partial charge in [-0.2, -0.15) is 0 Å². The fourth-order valence-electron chi connectivity index (χ4n) is 1.66. The van der Waals surface area contributed by atoms with Crippen molar-refractivity contribution in [3.8, 4) is 0 Å². The average molecular weight is 320 g/mol. The van der Waals surface area contributed by atoms with Gasteiger partial charge >= 0.3 is 0 Å². The lowest BCUT2D eigenvalue weighted by molar-refractivity contribution is 0.624. The Hall–Kier alpha value is -1.03. The molecule has 0 radical (unpaired) electrons. The number of benzene rings is 1. The molecule has 1 heterocycles. The molecule has 1 aromatic heterocycles. The van der Waals surface area contributed by atoms with Crippen molar-refractivity contribution in [2.75, 3.05) is 5.32 Å². The lowest BCUT2D eigenvalue weighted by Gasteiger charge is -2.18. The van der Waals surface area contributed by atoms with Gasteiger partial charge in [0.05, 0.1) is 28.0 Å². The van der Waals surface area contributed by atoms with Crippen LogP contribution in [0.25, 0.3) is 0 Å². The van der Waals surface area contributed by atoms with Crippen molar-refractivity contribution in [1.29, 1.82) is 0 Å². The highest BCUT2D eigenvalue weighted by molar-refractivity contribution is 6.35. The average Bonchev–Trinajstić information content (AvgIpc) is 2.36. The molecule has 0 aliphatic carbocycles. The smallest absolute Gasteiger partial charge is 0.142 e. The highest BCUT2D eigenvalue weighted by atomic mass is 35.5. The van der Waals surface area contributed by atoms with Crippen LogP contribution in [-0.2, 0) is 0 Å². The molecule has 6 heteroatoms. The standard InChI is InChI=1S/C13H10Cl3FN2/c1-7(19-13-6-18-3-2-9(13)14)8-4-12(17)11(16)5-10(8)15/h2-7,19H,1H3. The Morgan fingerprint density at radius 2 is 1.89 bits per heavy atom. The maximum atomic E-state index is 13.5. The van der Waals surface area contributed by atoms with Gasteiger partial charge in [-0.3, -0.25) is 4.98 Å². The molecule has 1 N–H and O–H groups in total. The molecule has 19 heavy (non-hydrogen) atoms. The van der Waals surface area contributed by atoms with Gasteiger partial charge in [0.2, 0.25) is 0 Å². The van der Waals surface area contributed by atoms with Gasteiger partial charge in [-0.1, -0.05) is 34.8 Å². The second-order valence-electron chi connectivity index (χ2n) is 4.01. The summed E-state index contributed by atoms with van der Waals surface area (Å²) in [6.07, 6.45) is 3.19. The quantitative estimate of drug-likeness (QED) is 0.771. The summed E-state index contributed by atoms with van der Waals surface area (Å²) in [5, 5.41) is 4.06. The fourth-order valence-corrected chi connectivity index (χ4v) is 2.37. The molecule has 0 spiro atoms. The van der Waals surface area contributed by atoms with Crippen LogP contribution in [0.2, 0.25) is 15.1 Å². The first-order chi connectivity index (χ1) is 8.99. The topological polar surface area (TPSA) is 24.9 Å². The molecular formula is C13H10Cl3FN2. The van der Waals surface area contributed by atoms with Gasteiger partial charge in [0.25, 0.3) is 0 Å². The number of anilines is 1. The van der Waals surface area contributed by atoms with Crippen molar-refractivity contribution in [3.05, 3.63) is 57.0 Å². The molecule has 0 saturated heterocycles. The first kappa shape index (κ1) is 14.4. The number of halogens is 4. The van der Waals surface area contributed by atoms with E-state index in [9.17, 15) is 4.39 Å². The van der Waals surface area contributed by atoms with Crippen LogP contribution >= 0.6 is 34.8 Å². The van der Waals surface area contributed by atoms with Crippen molar-refractivity contribution < 1.29 is 4.39 Å². The molecule has 0 aliphatic rings. The minimum absolute atomic E-state index is 0.000334. The van der Waals surface area contributed by atoms with Crippen molar-refractivity contribution >= 4 is 40.5 Å². The number of hydrogen-bond donors (Lipinski definition) is 1. The molecule has 0 saturated carbocycles. The van der Waals surface area contributed by atoms with Crippen LogP contribution in [0.15, 0.2) is 30.6 Å². The van der Waals surface area contributed by atoms with Crippen LogP contribution in [0.4, 0.5) is 10.1 Å². The second kappa shape index (κ2) is 5.95. The summed E-state index contributed by atoms with van der Waals surface area (Å²) in [6.45, 7) is 1.85. The zero-order chi connectivity index (χ0) is 14.0. The lowest BCUT2D eigenvalue weighted by Crippen LogP contribution is -2.08. The summed E-state index contributed by atoms with van der Waals surface area (Å²) in [4.78, 5) is 3.97. The Morgan fingerprint density at radius 1 is 1.16 bits per heavy atom. The maximum Gasteiger partial charge on any atom is 0.142 e. The van der Waals surface area contributed by atoms with Crippen LogP contribution < -0.4 is 5.32 Å². The van der Waals surface area contributed by atoms with E-state index in [2.05, 4.69) is 10.3 Å². The molecule has 1 aromatic carbocycles. The third-order valence-corrected chi connectivity index (χ3v) is 3.59. The van der Waals surface area contributed by atoms with Gasteiger partial charge in [0.15, 0.2) is 0 Å². The van der Waals surface area contributed by atoms with Gasteiger partial charge < -0.3 is 5.32 Å². The van der Waals surface area contributed by atoms with Gasteiger partial charge in [0, 0.05) is 11.2 Å². The van der Waals surface area contributed by atoms with Crippen LogP contribution in [0.3, 0.4) is 0 Å². The molecule has 2 aromatic rings. The van der Waals surface area contributed by atoms with Gasteiger partial charge in [-0.15, -0.1) is 0 Å². The summed E-state index contributed by atoms with van der Waals surface area (Å²) in [7, 11) is 0. The number of pyridine rings is 1. The largest absolute Gasteiger partial charge is 0.376 e. The minimum Gasteiger partial charge on any atom is -0.376 e. The SMILES string of the molecule is CC(Nc1cnccc1Cl)c1cc(F)c(Cl)cc1Cl. The number of aromatic nitrogens is 1. The summed E-state index contributed by atoms with van der Waals surface area (Å²) in [6, 6.07) is 4.13. The predicted octanol–water partition coefficient (Wildman–Crippen LogP) is 5.35. The Morgan fingerprint density at radius 3 is 2.58 bits per heavy atom. The summed E-state index contributed by atoms with van der Waals surface area (Å²) < 4.78 is 13.5. The van der Waals surface area contributed by atoms with Crippen molar-refractivity contribution in [1.82, 2.24) is 4.98 Å². The fraction of sp³-hybridized carbons (Fsp3) is 0.154. The third kappa shape index (κ3) is 3.30. The van der Waals surface area contributed by atoms with Crippen LogP contribution in [-0.4, -0.2) is 4.98 Å². The second-order valence-corrected chi connectivity index (χ2v) is 5.23. The molecule has 0 bridgehead atoms. The molecule has 0 amide bonds. The molecule has 0 aliphatic heterocycles. The molecule has 1 atom stereocenters. The predicted molar refractivity (Wildman–Crippen MR) is 77.7 cm³/mol. The van der Waals surface area contributed by atoms with E-state index < -0.39 is 5.82 Å². The number of nitrogens with zero attached hydrogens (tertiary/aromatic N) is 1. The van der Waals surface area contributed by atoms with Crippen molar-refractivity contribution in [2.24, 2.45) is 0 Å². The van der Waals surface area contributed by atoms with Crippen LogP contribution in [0.5, 0.6) is 0 Å². The number of nitrogens with one attached hydrogen (secondary N) is 1. The lowest BCUT2D eigenvalue weighted by atomic mass is 10.1. The third-order valence-electron chi connectivity index (χ3n) is 2.65. The van der Waals surface area contributed by atoms with E-state index in [-0.39, 0.29) is 11.1 Å². The Kier molecular flexibility index (Phi) is 4.50. The summed E-state index contributed by atoms with van der Waals surface area (Å²) in [5.41, 5.74) is 1.26. The first-order valence-corrected chi connectivity index (χ1v) is 6.63. The van der Waals surface area contributed by atoms with Gasteiger partial charge in [0.1, 0.15) is 5.82 Å². The van der Waals surface area contributed by atoms with Crippen molar-refractivity contribution in [3.63, 3.8) is 0 Å². The van der Waals surface area contributed by atoms with E-state index in [0.717, 1.165) is 0 Å². The summed E-state index contributed by atoms with van der Waals surface area (Å²) >= 11 is 17.7. The molecule has 2 rings (SSSR count). The Labute approximate surface area is 125 Å². The summed E-state index contributed by atoms with van der Waals surface area (Å²) in [5.74, 6) is -0.507. The molecule has 2 nitrogen and oxygen atoms in total. The van der Waals surface area contributed by atoms with E-state index in [1.165, 1.54) is 12.1 Å². The maximum absolute atomic E-state index is 13.5.